The van der Waals surface area contributed by atoms with Crippen LogP contribution in [-0.4, -0.2) is 26.7 Å². The molecule has 0 aliphatic heterocycles. The molecule has 2 N–H and O–H groups in total. The van der Waals surface area contributed by atoms with E-state index in [2.05, 4.69) is 4.72 Å². The molecule has 1 aromatic rings. The first kappa shape index (κ1) is 18.1. The highest BCUT2D eigenvalue weighted by atomic mass is 32.2. The third-order valence-corrected chi connectivity index (χ3v) is 6.04. The van der Waals surface area contributed by atoms with Crippen molar-refractivity contribution in [3.05, 3.63) is 27.8 Å². The van der Waals surface area contributed by atoms with Crippen LogP contribution in [0.2, 0.25) is 0 Å². The Morgan fingerprint density at radius 2 is 1.29 bits per heavy atom. The van der Waals surface area contributed by atoms with Gasteiger partial charge in [-0.05, 0) is 62.4 Å². The van der Waals surface area contributed by atoms with E-state index in [1.807, 2.05) is 48.5 Å². The number of rotatable bonds is 5. The normalized spacial score (nSPS) is 12.8. The van der Waals surface area contributed by atoms with Gasteiger partial charge in [-0.3, -0.25) is 0 Å². The number of nitrogens with one attached hydrogen (secondary N) is 1. The first-order valence-corrected chi connectivity index (χ1v) is 8.60. The van der Waals surface area contributed by atoms with E-state index in [-0.39, 0.29) is 13.2 Å². The summed E-state index contributed by atoms with van der Waals surface area (Å²) in [6.07, 6.45) is 0. The second-order valence-corrected chi connectivity index (χ2v) is 8.30. The van der Waals surface area contributed by atoms with Crippen molar-refractivity contribution in [2.45, 2.75) is 53.4 Å². The second kappa shape index (κ2) is 6.07. The van der Waals surface area contributed by atoms with Crippen LogP contribution in [0.25, 0.3) is 0 Å². The Balaban J connectivity index is 3.34. The highest BCUT2D eigenvalue weighted by molar-refractivity contribution is 7.89. The number of benzene rings is 1. The molecule has 0 aromatic heterocycles. The fraction of sp³-hybridized carbons (Fsp3) is 0.625. The van der Waals surface area contributed by atoms with Crippen molar-refractivity contribution in [1.82, 2.24) is 4.72 Å². The molecule has 4 nitrogen and oxygen atoms in total. The van der Waals surface area contributed by atoms with Gasteiger partial charge in [0.1, 0.15) is 0 Å². The molecule has 0 radical (unpaired) electrons. The topological polar surface area (TPSA) is 66.4 Å². The molecule has 0 aliphatic rings. The highest BCUT2D eigenvalue weighted by Crippen LogP contribution is 2.29. The molecule has 0 atom stereocenters. The van der Waals surface area contributed by atoms with Crippen molar-refractivity contribution in [3.8, 4) is 0 Å². The van der Waals surface area contributed by atoms with Crippen LogP contribution in [-0.2, 0) is 10.0 Å². The predicted octanol–water partition coefficient (Wildman–Crippen LogP) is 2.53. The standard InChI is InChI=1S/C16H27NO3S/c1-10-11(2)13(4)15(14(5)12(10)3)21(19,20)17-8-16(6,7)9-18/h17-18H,8-9H2,1-7H3. The monoisotopic (exact) mass is 313 g/mol. The maximum atomic E-state index is 12.7. The summed E-state index contributed by atoms with van der Waals surface area (Å²) >= 11 is 0. The van der Waals surface area contributed by atoms with Gasteiger partial charge < -0.3 is 5.11 Å². The van der Waals surface area contributed by atoms with Crippen LogP contribution in [0.15, 0.2) is 4.90 Å². The first-order valence-electron chi connectivity index (χ1n) is 7.12. The summed E-state index contributed by atoms with van der Waals surface area (Å²) in [6, 6.07) is 0. The average molecular weight is 313 g/mol. The Kier molecular flexibility index (Phi) is 5.24. The molecule has 1 rings (SSSR count). The van der Waals surface area contributed by atoms with E-state index in [0.717, 1.165) is 27.8 Å². The minimum absolute atomic E-state index is 0.0700. The molecule has 0 saturated carbocycles. The van der Waals surface area contributed by atoms with Crippen LogP contribution in [0.4, 0.5) is 0 Å². The van der Waals surface area contributed by atoms with Crippen LogP contribution in [0, 0.1) is 40.0 Å². The van der Waals surface area contributed by atoms with Crippen LogP contribution in [0.1, 0.15) is 41.7 Å². The molecule has 0 aliphatic carbocycles. The van der Waals surface area contributed by atoms with E-state index >= 15 is 0 Å². The lowest BCUT2D eigenvalue weighted by molar-refractivity contribution is 0.163. The quantitative estimate of drug-likeness (QED) is 0.878. The van der Waals surface area contributed by atoms with E-state index in [1.54, 1.807) is 0 Å². The molecule has 0 unspecified atom stereocenters. The van der Waals surface area contributed by atoms with Gasteiger partial charge in [-0.25, -0.2) is 13.1 Å². The minimum atomic E-state index is -3.59. The zero-order valence-electron chi connectivity index (χ0n) is 14.1. The van der Waals surface area contributed by atoms with E-state index in [9.17, 15) is 13.5 Å². The zero-order chi connectivity index (χ0) is 16.6. The Morgan fingerprint density at radius 1 is 0.905 bits per heavy atom. The predicted molar refractivity (Wildman–Crippen MR) is 86.2 cm³/mol. The highest BCUT2D eigenvalue weighted by Gasteiger charge is 2.26. The van der Waals surface area contributed by atoms with Crippen LogP contribution < -0.4 is 4.72 Å². The van der Waals surface area contributed by atoms with Crippen molar-refractivity contribution in [2.75, 3.05) is 13.2 Å². The number of hydrogen-bond donors (Lipinski definition) is 2. The molecule has 21 heavy (non-hydrogen) atoms. The molecule has 1 aromatic carbocycles. The van der Waals surface area contributed by atoms with Gasteiger partial charge in [-0.15, -0.1) is 0 Å². The number of hydrogen-bond acceptors (Lipinski definition) is 3. The summed E-state index contributed by atoms with van der Waals surface area (Å²) in [4.78, 5) is 0.372. The van der Waals surface area contributed by atoms with Gasteiger partial charge in [-0.1, -0.05) is 13.8 Å². The van der Waals surface area contributed by atoms with Crippen molar-refractivity contribution in [3.63, 3.8) is 0 Å². The lowest BCUT2D eigenvalue weighted by Gasteiger charge is -2.24. The molecule has 5 heteroatoms. The van der Waals surface area contributed by atoms with Gasteiger partial charge in [0.25, 0.3) is 0 Å². The van der Waals surface area contributed by atoms with Crippen molar-refractivity contribution in [1.29, 1.82) is 0 Å². The number of aliphatic hydroxyl groups is 1. The van der Waals surface area contributed by atoms with Crippen LogP contribution in [0.5, 0.6) is 0 Å². The average Bonchev–Trinajstić information content (AvgIpc) is 2.41. The summed E-state index contributed by atoms with van der Waals surface area (Å²) in [6.45, 7) is 13.4. The van der Waals surface area contributed by atoms with Crippen molar-refractivity contribution < 1.29 is 13.5 Å². The number of aliphatic hydroxyl groups excluding tert-OH is 1. The Hall–Kier alpha value is -0.910. The van der Waals surface area contributed by atoms with Crippen molar-refractivity contribution >= 4 is 10.0 Å². The molecular formula is C16H27NO3S. The van der Waals surface area contributed by atoms with Gasteiger partial charge in [0.2, 0.25) is 10.0 Å². The van der Waals surface area contributed by atoms with E-state index < -0.39 is 15.4 Å². The van der Waals surface area contributed by atoms with Crippen LogP contribution >= 0.6 is 0 Å². The maximum absolute atomic E-state index is 12.7. The van der Waals surface area contributed by atoms with E-state index in [4.69, 9.17) is 0 Å². The van der Waals surface area contributed by atoms with Crippen LogP contribution in [0.3, 0.4) is 0 Å². The molecular weight excluding hydrogens is 286 g/mol. The lowest BCUT2D eigenvalue weighted by atomic mass is 9.95. The fourth-order valence-electron chi connectivity index (χ4n) is 2.29. The van der Waals surface area contributed by atoms with Crippen molar-refractivity contribution in [2.24, 2.45) is 5.41 Å². The third-order valence-electron chi connectivity index (χ3n) is 4.37. The third kappa shape index (κ3) is 3.65. The maximum Gasteiger partial charge on any atom is 0.241 e. The first-order chi connectivity index (χ1) is 9.44. The smallest absolute Gasteiger partial charge is 0.241 e. The summed E-state index contributed by atoms with van der Waals surface area (Å²) in [7, 11) is -3.59. The Morgan fingerprint density at radius 3 is 1.67 bits per heavy atom. The van der Waals surface area contributed by atoms with Gasteiger partial charge in [0.15, 0.2) is 0 Å². The minimum Gasteiger partial charge on any atom is -0.396 e. The summed E-state index contributed by atoms with van der Waals surface area (Å²) in [5, 5.41) is 9.26. The van der Waals surface area contributed by atoms with Gasteiger partial charge in [0.05, 0.1) is 4.90 Å². The van der Waals surface area contributed by atoms with Gasteiger partial charge in [0, 0.05) is 18.6 Å². The van der Waals surface area contributed by atoms with Gasteiger partial charge in [-0.2, -0.15) is 0 Å². The number of sulfonamides is 1. The summed E-state index contributed by atoms with van der Waals surface area (Å²) in [5.74, 6) is 0. The largest absolute Gasteiger partial charge is 0.396 e. The summed E-state index contributed by atoms with van der Waals surface area (Å²) < 4.78 is 28.0. The van der Waals surface area contributed by atoms with E-state index in [0.29, 0.717) is 4.90 Å². The molecule has 0 fully saturated rings. The van der Waals surface area contributed by atoms with E-state index in [1.165, 1.54) is 0 Å². The Bertz CT molecular complexity index is 617. The molecule has 0 spiro atoms. The molecule has 0 bridgehead atoms. The zero-order valence-corrected chi connectivity index (χ0v) is 14.9. The molecule has 0 amide bonds. The molecule has 0 saturated heterocycles. The van der Waals surface area contributed by atoms with Gasteiger partial charge >= 0.3 is 0 Å². The SMILES string of the molecule is Cc1c(C)c(C)c(S(=O)(=O)NCC(C)(C)CO)c(C)c1C. The Labute approximate surface area is 128 Å². The lowest BCUT2D eigenvalue weighted by Crippen LogP contribution is -2.36. The summed E-state index contributed by atoms with van der Waals surface area (Å²) in [5.41, 5.74) is 4.28. The second-order valence-electron chi connectivity index (χ2n) is 6.60. The molecule has 120 valence electrons. The molecule has 0 heterocycles. The fourth-order valence-corrected chi connectivity index (χ4v) is 4.12.